The van der Waals surface area contributed by atoms with Gasteiger partial charge in [0.15, 0.2) is 0 Å². The van der Waals surface area contributed by atoms with Crippen molar-refractivity contribution in [2.45, 2.75) is 12.8 Å². The molecule has 2 aromatic carbocycles. The van der Waals surface area contributed by atoms with Crippen molar-refractivity contribution in [3.8, 4) is 0 Å². The molecule has 0 bridgehead atoms. The van der Waals surface area contributed by atoms with Crippen LogP contribution in [0.15, 0.2) is 42.5 Å². The minimum Gasteiger partial charge on any atom is -0.337 e. The second kappa shape index (κ2) is 6.59. The topological polar surface area (TPSA) is 32.3 Å². The number of nitrogens with zero attached hydrogens (tertiary/aromatic N) is 1. The molecule has 1 aliphatic rings. The highest BCUT2D eigenvalue weighted by Crippen LogP contribution is 2.27. The number of rotatable bonds is 3. The first-order valence-electron chi connectivity index (χ1n) is 7.22. The Morgan fingerprint density at radius 2 is 2.00 bits per heavy atom. The first-order valence-corrected chi connectivity index (χ1v) is 7.98. The number of carbonyl (C=O) groups is 1. The van der Waals surface area contributed by atoms with Crippen molar-refractivity contribution in [1.82, 2.24) is 5.32 Å². The zero-order valence-corrected chi connectivity index (χ0v) is 13.5. The lowest BCUT2D eigenvalue weighted by Gasteiger charge is -2.18. The van der Waals surface area contributed by atoms with Crippen LogP contribution in [0.4, 0.5) is 10.5 Å². The second-order valence-corrected chi connectivity index (χ2v) is 6.09. The molecule has 0 unspecified atom stereocenters. The van der Waals surface area contributed by atoms with Gasteiger partial charge in [0.2, 0.25) is 0 Å². The molecule has 0 atom stereocenters. The van der Waals surface area contributed by atoms with E-state index in [0.29, 0.717) is 23.0 Å². The summed E-state index contributed by atoms with van der Waals surface area (Å²) < 4.78 is 0. The number of halogens is 2. The van der Waals surface area contributed by atoms with Gasteiger partial charge in [-0.1, -0.05) is 47.5 Å². The third-order valence-electron chi connectivity index (χ3n) is 3.82. The van der Waals surface area contributed by atoms with E-state index in [-0.39, 0.29) is 6.03 Å². The van der Waals surface area contributed by atoms with Crippen LogP contribution in [-0.4, -0.2) is 19.1 Å². The van der Waals surface area contributed by atoms with Gasteiger partial charge in [0.05, 0.1) is 0 Å². The molecule has 0 radical (unpaired) electrons. The molecule has 3 nitrogen and oxygen atoms in total. The number of anilines is 1. The highest BCUT2D eigenvalue weighted by molar-refractivity contribution is 6.35. The molecule has 0 saturated carbocycles. The van der Waals surface area contributed by atoms with Gasteiger partial charge in [-0.2, -0.15) is 0 Å². The van der Waals surface area contributed by atoms with E-state index in [2.05, 4.69) is 11.4 Å². The van der Waals surface area contributed by atoms with E-state index in [1.165, 1.54) is 5.56 Å². The fourth-order valence-electron chi connectivity index (χ4n) is 2.67. The van der Waals surface area contributed by atoms with Crippen molar-refractivity contribution in [2.24, 2.45) is 0 Å². The maximum absolute atomic E-state index is 12.3. The van der Waals surface area contributed by atoms with Crippen molar-refractivity contribution in [1.29, 1.82) is 0 Å². The molecule has 0 saturated heterocycles. The van der Waals surface area contributed by atoms with Crippen LogP contribution in [0.25, 0.3) is 0 Å². The van der Waals surface area contributed by atoms with Gasteiger partial charge < -0.3 is 5.32 Å². The van der Waals surface area contributed by atoms with Crippen molar-refractivity contribution >= 4 is 34.9 Å². The van der Waals surface area contributed by atoms with Gasteiger partial charge in [-0.05, 0) is 42.2 Å². The molecule has 0 aliphatic carbocycles. The Bertz CT molecular complexity index is 703. The monoisotopic (exact) mass is 334 g/mol. The number of benzene rings is 2. The Labute approximate surface area is 139 Å². The zero-order chi connectivity index (χ0) is 15.5. The summed E-state index contributed by atoms with van der Waals surface area (Å²) in [5, 5.41) is 4.20. The molecule has 2 amide bonds. The summed E-state index contributed by atoms with van der Waals surface area (Å²) in [4.78, 5) is 14.1. The molecule has 5 heteroatoms. The summed E-state index contributed by atoms with van der Waals surface area (Å²) >= 11 is 12.0. The number of fused-ring (bicyclic) bond motifs is 1. The molecule has 1 heterocycles. The van der Waals surface area contributed by atoms with E-state index in [9.17, 15) is 4.79 Å². The van der Waals surface area contributed by atoms with Crippen LogP contribution in [0.2, 0.25) is 10.0 Å². The number of para-hydroxylation sites is 1. The van der Waals surface area contributed by atoms with Crippen LogP contribution < -0.4 is 10.2 Å². The van der Waals surface area contributed by atoms with Crippen molar-refractivity contribution in [3.63, 3.8) is 0 Å². The first-order chi connectivity index (χ1) is 10.6. The summed E-state index contributed by atoms with van der Waals surface area (Å²) in [6.07, 6.45) is 1.59. The van der Waals surface area contributed by atoms with Gasteiger partial charge in [0.1, 0.15) is 0 Å². The van der Waals surface area contributed by atoms with Crippen molar-refractivity contribution < 1.29 is 4.79 Å². The lowest BCUT2D eigenvalue weighted by Crippen LogP contribution is -2.39. The average Bonchev–Trinajstić information content (AvgIpc) is 2.93. The SMILES string of the molecule is O=C(NCCc1ccc(Cl)cc1Cl)N1CCc2ccccc21. The van der Waals surface area contributed by atoms with Crippen LogP contribution in [-0.2, 0) is 12.8 Å². The average molecular weight is 335 g/mol. The predicted octanol–water partition coefficient (Wildman–Crippen LogP) is 4.31. The molecule has 1 N–H and O–H groups in total. The van der Waals surface area contributed by atoms with Crippen molar-refractivity contribution in [3.05, 3.63) is 63.6 Å². The van der Waals surface area contributed by atoms with E-state index in [0.717, 1.165) is 24.2 Å². The van der Waals surface area contributed by atoms with Gasteiger partial charge in [-0.15, -0.1) is 0 Å². The lowest BCUT2D eigenvalue weighted by atomic mass is 10.1. The molecule has 0 aromatic heterocycles. The first kappa shape index (κ1) is 15.2. The smallest absolute Gasteiger partial charge is 0.321 e. The summed E-state index contributed by atoms with van der Waals surface area (Å²) in [6.45, 7) is 1.27. The number of carbonyl (C=O) groups excluding carboxylic acids is 1. The number of urea groups is 1. The Balaban J connectivity index is 1.57. The molecule has 0 fully saturated rings. The Morgan fingerprint density at radius 1 is 1.18 bits per heavy atom. The van der Waals surface area contributed by atoms with Crippen LogP contribution in [0, 0.1) is 0 Å². The van der Waals surface area contributed by atoms with E-state index in [1.807, 2.05) is 24.3 Å². The number of hydrogen-bond acceptors (Lipinski definition) is 1. The van der Waals surface area contributed by atoms with Crippen molar-refractivity contribution in [2.75, 3.05) is 18.0 Å². The second-order valence-electron chi connectivity index (χ2n) is 5.25. The van der Waals surface area contributed by atoms with Gasteiger partial charge in [-0.3, -0.25) is 4.90 Å². The largest absolute Gasteiger partial charge is 0.337 e. The number of hydrogen-bond donors (Lipinski definition) is 1. The maximum Gasteiger partial charge on any atom is 0.321 e. The fraction of sp³-hybridized carbons (Fsp3) is 0.235. The van der Waals surface area contributed by atoms with E-state index >= 15 is 0 Å². The molecule has 22 heavy (non-hydrogen) atoms. The molecule has 3 rings (SSSR count). The van der Waals surface area contributed by atoms with E-state index < -0.39 is 0 Å². The summed E-state index contributed by atoms with van der Waals surface area (Å²) in [7, 11) is 0. The van der Waals surface area contributed by atoms with E-state index in [4.69, 9.17) is 23.2 Å². The highest BCUT2D eigenvalue weighted by Gasteiger charge is 2.23. The Morgan fingerprint density at radius 3 is 2.82 bits per heavy atom. The highest BCUT2D eigenvalue weighted by atomic mass is 35.5. The quantitative estimate of drug-likeness (QED) is 0.891. The van der Waals surface area contributed by atoms with Crippen LogP contribution in [0.3, 0.4) is 0 Å². The minimum absolute atomic E-state index is 0.0602. The van der Waals surface area contributed by atoms with Crippen LogP contribution in [0.1, 0.15) is 11.1 Å². The van der Waals surface area contributed by atoms with E-state index in [1.54, 1.807) is 17.0 Å². The summed E-state index contributed by atoms with van der Waals surface area (Å²) in [6, 6.07) is 13.4. The predicted molar refractivity (Wildman–Crippen MR) is 91.1 cm³/mol. The van der Waals surface area contributed by atoms with Gasteiger partial charge in [-0.25, -0.2) is 4.79 Å². The summed E-state index contributed by atoms with van der Waals surface area (Å²) in [5.41, 5.74) is 3.20. The van der Waals surface area contributed by atoms with Gasteiger partial charge in [0, 0.05) is 28.8 Å². The van der Waals surface area contributed by atoms with Gasteiger partial charge in [0.25, 0.3) is 0 Å². The fourth-order valence-corrected chi connectivity index (χ4v) is 3.18. The lowest BCUT2D eigenvalue weighted by molar-refractivity contribution is 0.247. The number of amides is 2. The molecular weight excluding hydrogens is 319 g/mol. The van der Waals surface area contributed by atoms with Crippen LogP contribution >= 0.6 is 23.2 Å². The maximum atomic E-state index is 12.3. The summed E-state index contributed by atoms with van der Waals surface area (Å²) in [5.74, 6) is 0. The zero-order valence-electron chi connectivity index (χ0n) is 12.0. The van der Waals surface area contributed by atoms with Crippen LogP contribution in [0.5, 0.6) is 0 Å². The molecule has 1 aliphatic heterocycles. The third kappa shape index (κ3) is 3.21. The Hall–Kier alpha value is -1.71. The van der Waals surface area contributed by atoms with Gasteiger partial charge >= 0.3 is 6.03 Å². The molecule has 114 valence electrons. The number of nitrogens with one attached hydrogen (secondary N) is 1. The third-order valence-corrected chi connectivity index (χ3v) is 4.40. The molecule has 0 spiro atoms. The Kier molecular flexibility index (Phi) is 4.55. The minimum atomic E-state index is -0.0602. The normalized spacial score (nSPS) is 13.1. The standard InChI is InChI=1S/C17H16Cl2N2O/c18-14-6-5-12(15(19)11-14)7-9-20-17(22)21-10-8-13-3-1-2-4-16(13)21/h1-6,11H,7-10H2,(H,20,22). The molecular formula is C17H16Cl2N2O. The molecule has 2 aromatic rings.